The van der Waals surface area contributed by atoms with Gasteiger partial charge in [0.05, 0.1) is 16.6 Å². The first-order chi connectivity index (χ1) is 18.6. The van der Waals surface area contributed by atoms with E-state index in [-0.39, 0.29) is 16.9 Å². The van der Waals surface area contributed by atoms with Crippen LogP contribution in [-0.4, -0.2) is 27.2 Å². The Morgan fingerprint density at radius 2 is 1.56 bits per heavy atom. The summed E-state index contributed by atoms with van der Waals surface area (Å²) >= 11 is 0. The number of fused-ring (bicyclic) bond motifs is 1. The Morgan fingerprint density at radius 3 is 2.23 bits per heavy atom. The molecule has 0 saturated heterocycles. The minimum atomic E-state index is -5.17. The van der Waals surface area contributed by atoms with Crippen LogP contribution in [0.15, 0.2) is 95.9 Å². The number of pyridine rings is 2. The van der Waals surface area contributed by atoms with Crippen LogP contribution in [0.4, 0.5) is 13.2 Å². The Hall–Kier alpha value is -4.96. The highest BCUT2D eigenvalue weighted by atomic mass is 19.4. The highest BCUT2D eigenvalue weighted by molar-refractivity contribution is 5.99. The van der Waals surface area contributed by atoms with Gasteiger partial charge >= 0.3 is 12.1 Å². The highest BCUT2D eigenvalue weighted by Gasteiger charge is 2.42. The fraction of sp³-hybridized carbons (Fsp3) is 0.0690. The number of H-pyrrole nitrogens is 1. The average Bonchev–Trinajstić information content (AvgIpc) is 2.93. The van der Waals surface area contributed by atoms with E-state index in [1.165, 1.54) is 24.4 Å². The van der Waals surface area contributed by atoms with E-state index in [1.54, 1.807) is 36.4 Å². The summed E-state index contributed by atoms with van der Waals surface area (Å²) in [6.07, 6.45) is -5.31. The number of hydrogen-bond acceptors (Lipinski definition) is 6. The van der Waals surface area contributed by atoms with E-state index in [1.807, 2.05) is 30.3 Å². The monoisotopic (exact) mass is 531 g/mol. The van der Waals surface area contributed by atoms with Crippen LogP contribution in [0.2, 0.25) is 0 Å². The molecule has 1 unspecified atom stereocenters. The molecule has 1 atom stereocenters. The molecule has 3 aromatic carbocycles. The number of nitrogens with one attached hydrogen (secondary N) is 1. The minimum absolute atomic E-state index is 0.00748. The van der Waals surface area contributed by atoms with Gasteiger partial charge in [0, 0.05) is 34.0 Å². The van der Waals surface area contributed by atoms with E-state index in [0.717, 1.165) is 5.56 Å². The first-order valence-corrected chi connectivity index (χ1v) is 11.7. The summed E-state index contributed by atoms with van der Waals surface area (Å²) in [6.45, 7) is 0. The molecule has 5 rings (SSSR count). The molecule has 5 aromatic rings. The van der Waals surface area contributed by atoms with E-state index < -0.39 is 18.4 Å². The van der Waals surface area contributed by atoms with Crippen LogP contribution < -0.4 is 11.3 Å². The second kappa shape index (κ2) is 10.1. The third kappa shape index (κ3) is 5.10. The number of aromatic nitrogens is 2. The van der Waals surface area contributed by atoms with Crippen molar-refractivity contribution < 1.29 is 27.8 Å². The summed E-state index contributed by atoms with van der Waals surface area (Å²) in [6, 6.07) is 23.6. The van der Waals surface area contributed by atoms with Crippen LogP contribution in [-0.2, 0) is 9.53 Å². The molecule has 0 spiro atoms. The Labute approximate surface area is 219 Å². The fourth-order valence-corrected chi connectivity index (χ4v) is 4.22. The van der Waals surface area contributed by atoms with E-state index in [2.05, 4.69) is 9.72 Å². The number of esters is 1. The zero-order valence-corrected chi connectivity index (χ0v) is 20.1. The number of nitrogens with two attached hydrogens (primary N) is 1. The van der Waals surface area contributed by atoms with Gasteiger partial charge < -0.3 is 14.8 Å². The number of ether oxygens (including phenoxy) is 1. The average molecular weight is 531 g/mol. The smallest absolute Gasteiger partial charge is 0.490 e. The summed E-state index contributed by atoms with van der Waals surface area (Å²) < 4.78 is 42.0. The van der Waals surface area contributed by atoms with Crippen LogP contribution in [0.25, 0.3) is 44.4 Å². The van der Waals surface area contributed by atoms with E-state index in [4.69, 9.17) is 10.7 Å². The number of para-hydroxylation sites is 1. The largest absolute Gasteiger partial charge is 0.507 e. The number of alkyl halides is 3. The molecule has 0 fully saturated rings. The molecule has 4 N–H and O–H groups in total. The second-order valence-electron chi connectivity index (χ2n) is 8.64. The number of phenolic OH excluding ortho intramolecular Hbond substituents is 1. The number of phenols is 1. The van der Waals surface area contributed by atoms with Gasteiger partial charge in [-0.2, -0.15) is 13.2 Å². The van der Waals surface area contributed by atoms with Gasteiger partial charge in [0.25, 0.3) is 5.56 Å². The van der Waals surface area contributed by atoms with Crippen molar-refractivity contribution in [1.29, 1.82) is 0 Å². The van der Waals surface area contributed by atoms with Crippen LogP contribution in [0.5, 0.6) is 5.75 Å². The number of hydrogen-bond donors (Lipinski definition) is 3. The zero-order chi connectivity index (χ0) is 27.7. The Morgan fingerprint density at radius 1 is 0.897 bits per heavy atom. The number of halogens is 3. The lowest BCUT2D eigenvalue weighted by atomic mass is 9.95. The molecule has 0 aliphatic rings. The van der Waals surface area contributed by atoms with Gasteiger partial charge in [-0.05, 0) is 17.7 Å². The lowest BCUT2D eigenvalue weighted by molar-refractivity contribution is -0.205. The van der Waals surface area contributed by atoms with Crippen LogP contribution in [0.3, 0.4) is 0 Å². The molecule has 7 nitrogen and oxygen atoms in total. The van der Waals surface area contributed by atoms with Crippen molar-refractivity contribution in [1.82, 2.24) is 9.97 Å². The van der Waals surface area contributed by atoms with Crippen molar-refractivity contribution in [3.63, 3.8) is 0 Å². The summed E-state index contributed by atoms with van der Waals surface area (Å²) in [5, 5.41) is 10.8. The number of nitrogens with zero attached hydrogens (tertiary/aromatic N) is 1. The summed E-state index contributed by atoms with van der Waals surface area (Å²) in [4.78, 5) is 31.6. The molecule has 2 aromatic heterocycles. The number of aromatic amines is 1. The van der Waals surface area contributed by atoms with Gasteiger partial charge in [0.2, 0.25) is 0 Å². The van der Waals surface area contributed by atoms with Crippen molar-refractivity contribution in [3.05, 3.63) is 107 Å². The van der Waals surface area contributed by atoms with Gasteiger partial charge in [0.1, 0.15) is 5.75 Å². The molecular weight excluding hydrogens is 511 g/mol. The number of carbonyl (C=O) groups excluding carboxylic acids is 1. The summed E-state index contributed by atoms with van der Waals surface area (Å²) in [5.41, 5.74) is 9.20. The zero-order valence-electron chi connectivity index (χ0n) is 20.1. The van der Waals surface area contributed by atoms with E-state index in [0.29, 0.717) is 38.9 Å². The first-order valence-electron chi connectivity index (χ1n) is 11.7. The van der Waals surface area contributed by atoms with E-state index in [9.17, 15) is 27.9 Å². The molecule has 10 heteroatoms. The topological polar surface area (TPSA) is 118 Å². The Kier molecular flexibility index (Phi) is 6.63. The van der Waals surface area contributed by atoms with Gasteiger partial charge in [-0.3, -0.25) is 10.5 Å². The molecule has 0 bridgehead atoms. The number of carbonyl (C=O) groups is 1. The van der Waals surface area contributed by atoms with Gasteiger partial charge in [0.15, 0.2) is 6.23 Å². The predicted molar refractivity (Wildman–Crippen MR) is 139 cm³/mol. The standard InChI is InChI=1S/C29H20F3N3O4/c30-29(31,32)28(38)39-26(33)18-12-10-17(11-13-18)24-20(16-6-2-1-3-7-16)14-21-25(35-24)22(15-34-27(21)37)19-8-4-5-9-23(19)36/h1-15,26,36H,33H2,(H,34,37). The summed E-state index contributed by atoms with van der Waals surface area (Å²) in [5.74, 6) is -2.38. The predicted octanol–water partition coefficient (Wildman–Crippen LogP) is 5.69. The van der Waals surface area contributed by atoms with Crippen LogP contribution >= 0.6 is 0 Å². The molecule has 0 aliphatic heterocycles. The molecule has 0 amide bonds. The number of aromatic hydroxyl groups is 1. The minimum Gasteiger partial charge on any atom is -0.507 e. The number of rotatable bonds is 5. The van der Waals surface area contributed by atoms with E-state index >= 15 is 0 Å². The van der Waals surface area contributed by atoms with Crippen LogP contribution in [0.1, 0.15) is 11.8 Å². The maximum atomic E-state index is 12.9. The Balaban J connectivity index is 1.67. The molecule has 2 heterocycles. The van der Waals surface area contributed by atoms with Gasteiger partial charge in [-0.25, -0.2) is 9.78 Å². The molecule has 39 heavy (non-hydrogen) atoms. The molecule has 0 saturated carbocycles. The second-order valence-corrected chi connectivity index (χ2v) is 8.64. The highest BCUT2D eigenvalue weighted by Crippen LogP contribution is 2.37. The van der Waals surface area contributed by atoms with Crippen molar-refractivity contribution in [2.75, 3.05) is 0 Å². The van der Waals surface area contributed by atoms with Crippen LogP contribution in [0, 0.1) is 0 Å². The van der Waals surface area contributed by atoms with Crippen molar-refractivity contribution in [2.24, 2.45) is 5.73 Å². The lowest BCUT2D eigenvalue weighted by Crippen LogP contribution is -2.29. The van der Waals surface area contributed by atoms with Gasteiger partial charge in [-0.1, -0.05) is 72.8 Å². The van der Waals surface area contributed by atoms with Gasteiger partial charge in [-0.15, -0.1) is 0 Å². The van der Waals surface area contributed by atoms with Crippen molar-refractivity contribution in [3.8, 4) is 39.3 Å². The molecule has 0 aliphatic carbocycles. The third-order valence-electron chi connectivity index (χ3n) is 6.13. The number of benzene rings is 3. The summed E-state index contributed by atoms with van der Waals surface area (Å²) in [7, 11) is 0. The van der Waals surface area contributed by atoms with Crippen molar-refractivity contribution in [2.45, 2.75) is 12.4 Å². The normalized spacial score (nSPS) is 12.3. The quantitative estimate of drug-likeness (QED) is 0.198. The maximum absolute atomic E-state index is 12.9. The van der Waals surface area contributed by atoms with Crippen molar-refractivity contribution >= 4 is 16.9 Å². The lowest BCUT2D eigenvalue weighted by Gasteiger charge is -2.16. The SMILES string of the molecule is NC(OC(=O)C(F)(F)F)c1ccc(-c2nc3c(-c4ccccc4O)c[nH]c(=O)c3cc2-c2ccccc2)cc1. The first kappa shape index (κ1) is 25.7. The maximum Gasteiger partial charge on any atom is 0.490 e. The fourth-order valence-electron chi connectivity index (χ4n) is 4.22. The third-order valence-corrected chi connectivity index (χ3v) is 6.13. The Bertz CT molecular complexity index is 1730. The molecule has 0 radical (unpaired) electrons. The molecule has 196 valence electrons. The molecular formula is C29H20F3N3O4.